The Morgan fingerprint density at radius 3 is 2.47 bits per heavy atom. The van der Waals surface area contributed by atoms with E-state index in [1.165, 1.54) is 5.56 Å². The summed E-state index contributed by atoms with van der Waals surface area (Å²) in [5.41, 5.74) is 1.42. The van der Waals surface area contributed by atoms with E-state index in [-0.39, 0.29) is 0 Å². The van der Waals surface area contributed by atoms with E-state index in [9.17, 15) is 5.11 Å². The summed E-state index contributed by atoms with van der Waals surface area (Å²) in [7, 11) is 0. The molecule has 1 aromatic rings. The van der Waals surface area contributed by atoms with Crippen LogP contribution in [0.5, 0.6) is 0 Å². The lowest BCUT2D eigenvalue weighted by atomic mass is 9.89. The Bertz CT molecular complexity index is 370. The molecule has 0 aliphatic carbocycles. The Morgan fingerprint density at radius 1 is 1.33 bits per heavy atom. The van der Waals surface area contributed by atoms with Gasteiger partial charge >= 0.3 is 0 Å². The first kappa shape index (κ1) is 11.1. The summed E-state index contributed by atoms with van der Waals surface area (Å²) in [4.78, 5) is 0. The number of halogens is 1. The van der Waals surface area contributed by atoms with Gasteiger partial charge in [0.25, 0.3) is 0 Å². The van der Waals surface area contributed by atoms with Crippen molar-refractivity contribution in [2.75, 3.05) is 13.2 Å². The minimum Gasteiger partial charge on any atom is -0.380 e. The average Bonchev–Trinajstić information content (AvgIpc) is 2.13. The van der Waals surface area contributed by atoms with Crippen LogP contribution in [0.15, 0.2) is 22.7 Å². The van der Waals surface area contributed by atoms with Crippen molar-refractivity contribution in [3.8, 4) is 0 Å². The van der Waals surface area contributed by atoms with Crippen LogP contribution < -0.4 is 0 Å². The van der Waals surface area contributed by atoms with Gasteiger partial charge < -0.3 is 9.84 Å². The van der Waals surface area contributed by atoms with Gasteiger partial charge in [0.15, 0.2) is 0 Å². The normalized spacial score (nSPS) is 19.0. The molecule has 0 radical (unpaired) electrons. The lowest BCUT2D eigenvalue weighted by molar-refractivity contribution is -0.184. The zero-order valence-corrected chi connectivity index (χ0v) is 10.5. The van der Waals surface area contributed by atoms with Crippen molar-refractivity contribution in [2.24, 2.45) is 0 Å². The van der Waals surface area contributed by atoms with Gasteiger partial charge in [0, 0.05) is 4.47 Å². The monoisotopic (exact) mass is 270 g/mol. The summed E-state index contributed by atoms with van der Waals surface area (Å²) in [6.07, 6.45) is 0. The van der Waals surface area contributed by atoms with E-state index >= 15 is 0 Å². The first-order chi connectivity index (χ1) is 7.01. The van der Waals surface area contributed by atoms with Gasteiger partial charge in [-0.15, -0.1) is 0 Å². The Balaban J connectivity index is 2.39. The molecule has 3 heteroatoms. The van der Waals surface area contributed by atoms with Crippen molar-refractivity contribution < 1.29 is 9.84 Å². The van der Waals surface area contributed by atoms with Crippen molar-refractivity contribution in [1.82, 2.24) is 0 Å². The molecular formula is C12H15BrO2. The Labute approximate surface area is 98.4 Å². The van der Waals surface area contributed by atoms with E-state index in [2.05, 4.69) is 41.9 Å². The van der Waals surface area contributed by atoms with Gasteiger partial charge in [0.05, 0.1) is 13.2 Å². The molecule has 0 saturated carbocycles. The number of ether oxygens (including phenoxy) is 1. The highest BCUT2D eigenvalue weighted by Gasteiger charge is 2.38. The SMILES string of the molecule is CC(C)c1cc(Br)cc(C2(O)COC2)c1. The smallest absolute Gasteiger partial charge is 0.136 e. The van der Waals surface area contributed by atoms with Crippen molar-refractivity contribution in [3.63, 3.8) is 0 Å². The third kappa shape index (κ3) is 2.10. The molecule has 1 aliphatic rings. The molecule has 1 fully saturated rings. The highest BCUT2D eigenvalue weighted by Crippen LogP contribution is 2.33. The van der Waals surface area contributed by atoms with Gasteiger partial charge in [-0.3, -0.25) is 0 Å². The number of hydrogen-bond acceptors (Lipinski definition) is 2. The van der Waals surface area contributed by atoms with E-state index in [1.54, 1.807) is 0 Å². The second-order valence-electron chi connectivity index (χ2n) is 4.45. The van der Waals surface area contributed by atoms with Crippen molar-refractivity contribution in [3.05, 3.63) is 33.8 Å². The summed E-state index contributed by atoms with van der Waals surface area (Å²) in [6.45, 7) is 5.10. The number of aliphatic hydroxyl groups is 1. The third-order valence-electron chi connectivity index (χ3n) is 2.81. The molecule has 1 saturated heterocycles. The summed E-state index contributed by atoms with van der Waals surface area (Å²) >= 11 is 3.48. The summed E-state index contributed by atoms with van der Waals surface area (Å²) < 4.78 is 6.08. The molecule has 1 N–H and O–H groups in total. The number of hydrogen-bond donors (Lipinski definition) is 1. The van der Waals surface area contributed by atoms with E-state index < -0.39 is 5.60 Å². The third-order valence-corrected chi connectivity index (χ3v) is 3.26. The molecule has 0 amide bonds. The lowest BCUT2D eigenvalue weighted by Gasteiger charge is -2.37. The van der Waals surface area contributed by atoms with Crippen LogP contribution in [0.2, 0.25) is 0 Å². The molecular weight excluding hydrogens is 256 g/mol. The number of benzene rings is 1. The minimum atomic E-state index is -0.770. The molecule has 1 aliphatic heterocycles. The van der Waals surface area contributed by atoms with Crippen molar-refractivity contribution >= 4 is 15.9 Å². The molecule has 0 spiro atoms. The number of rotatable bonds is 2. The van der Waals surface area contributed by atoms with Crippen LogP contribution in [0, 0.1) is 0 Å². The van der Waals surface area contributed by atoms with Crippen LogP contribution in [-0.2, 0) is 10.3 Å². The Kier molecular flexibility index (Phi) is 2.88. The highest BCUT2D eigenvalue weighted by molar-refractivity contribution is 9.10. The lowest BCUT2D eigenvalue weighted by Crippen LogP contribution is -2.46. The van der Waals surface area contributed by atoms with E-state index in [4.69, 9.17) is 4.74 Å². The zero-order valence-electron chi connectivity index (χ0n) is 8.96. The first-order valence-corrected chi connectivity index (χ1v) is 5.92. The molecule has 1 aromatic carbocycles. The van der Waals surface area contributed by atoms with E-state index in [0.717, 1.165) is 10.0 Å². The molecule has 2 rings (SSSR count). The molecule has 2 nitrogen and oxygen atoms in total. The Hall–Kier alpha value is -0.380. The fourth-order valence-corrected chi connectivity index (χ4v) is 2.19. The fourth-order valence-electron chi connectivity index (χ4n) is 1.68. The summed E-state index contributed by atoms with van der Waals surface area (Å²) in [5.74, 6) is 0.464. The molecule has 0 unspecified atom stereocenters. The highest BCUT2D eigenvalue weighted by atomic mass is 79.9. The van der Waals surface area contributed by atoms with Gasteiger partial charge in [0.2, 0.25) is 0 Å². The van der Waals surface area contributed by atoms with Crippen LogP contribution >= 0.6 is 15.9 Å². The summed E-state index contributed by atoms with van der Waals surface area (Å²) in [6, 6.07) is 6.13. The van der Waals surface area contributed by atoms with Crippen LogP contribution in [0.1, 0.15) is 30.9 Å². The average molecular weight is 271 g/mol. The molecule has 82 valence electrons. The largest absolute Gasteiger partial charge is 0.380 e. The standard InChI is InChI=1S/C12H15BrO2/c1-8(2)9-3-10(5-11(13)4-9)12(14)6-15-7-12/h3-5,8,14H,6-7H2,1-2H3. The van der Waals surface area contributed by atoms with Gasteiger partial charge in [-0.25, -0.2) is 0 Å². The predicted molar refractivity (Wildman–Crippen MR) is 62.9 cm³/mol. The molecule has 0 atom stereocenters. The second-order valence-corrected chi connectivity index (χ2v) is 5.37. The van der Waals surface area contributed by atoms with Gasteiger partial charge in [-0.05, 0) is 29.2 Å². The minimum absolute atomic E-state index is 0.404. The van der Waals surface area contributed by atoms with Gasteiger partial charge in [-0.2, -0.15) is 0 Å². The Morgan fingerprint density at radius 2 is 2.00 bits per heavy atom. The van der Waals surface area contributed by atoms with Crippen molar-refractivity contribution in [1.29, 1.82) is 0 Å². The first-order valence-electron chi connectivity index (χ1n) is 5.12. The fraction of sp³-hybridized carbons (Fsp3) is 0.500. The van der Waals surface area contributed by atoms with Crippen LogP contribution in [0.3, 0.4) is 0 Å². The molecule has 0 aromatic heterocycles. The predicted octanol–water partition coefficient (Wildman–Crippen LogP) is 2.79. The zero-order chi connectivity index (χ0) is 11.1. The van der Waals surface area contributed by atoms with Crippen molar-refractivity contribution in [2.45, 2.75) is 25.4 Å². The second kappa shape index (κ2) is 3.89. The molecule has 15 heavy (non-hydrogen) atoms. The van der Waals surface area contributed by atoms with E-state index in [0.29, 0.717) is 19.1 Å². The summed E-state index contributed by atoms with van der Waals surface area (Å²) in [5, 5.41) is 10.2. The maximum absolute atomic E-state index is 10.2. The van der Waals surface area contributed by atoms with Gasteiger partial charge in [0.1, 0.15) is 5.60 Å². The topological polar surface area (TPSA) is 29.5 Å². The van der Waals surface area contributed by atoms with Crippen LogP contribution in [0.4, 0.5) is 0 Å². The molecule has 0 bridgehead atoms. The maximum atomic E-state index is 10.2. The maximum Gasteiger partial charge on any atom is 0.136 e. The molecule has 1 heterocycles. The van der Waals surface area contributed by atoms with E-state index in [1.807, 2.05) is 6.07 Å². The van der Waals surface area contributed by atoms with Crippen LogP contribution in [-0.4, -0.2) is 18.3 Å². The quantitative estimate of drug-likeness (QED) is 0.896. The van der Waals surface area contributed by atoms with Crippen LogP contribution in [0.25, 0.3) is 0 Å². The van der Waals surface area contributed by atoms with Gasteiger partial charge in [-0.1, -0.05) is 35.8 Å².